The first-order chi connectivity index (χ1) is 13.6. The third kappa shape index (κ3) is 4.26. The lowest BCUT2D eigenvalue weighted by Crippen LogP contribution is -2.61. The maximum atomic E-state index is 10.8. The summed E-state index contributed by atoms with van der Waals surface area (Å²) in [5.74, 6) is 0. The highest BCUT2D eigenvalue weighted by atomic mass is 35.5. The van der Waals surface area contributed by atoms with Gasteiger partial charge in [-0.3, -0.25) is 0 Å². The second kappa shape index (κ2) is 8.63. The standard InChI is InChI=1S/C22H29ClO5S/c1-11-6-16(29-13(11)3)7-14-8-17(15(10-27-5)9-18(14)23)22(4)21(26)20(25)19(24)12(2)28-22/h6,8-9,12,19-21,24-26H,7,10H2,1-5H3/t12-,19-,20+,21-,22+/m1/s1. The van der Waals surface area contributed by atoms with E-state index in [1.54, 1.807) is 32.3 Å². The van der Waals surface area contributed by atoms with E-state index in [0.717, 1.165) is 11.1 Å². The number of ether oxygens (including phenoxy) is 2. The molecule has 1 aliphatic rings. The molecule has 2 aromatic rings. The second-order valence-electron chi connectivity index (χ2n) is 8.02. The Morgan fingerprint density at radius 1 is 1.14 bits per heavy atom. The Hall–Kier alpha value is -0.990. The minimum Gasteiger partial charge on any atom is -0.388 e. The number of halogens is 1. The van der Waals surface area contributed by atoms with Crippen LogP contribution < -0.4 is 0 Å². The Labute approximate surface area is 180 Å². The van der Waals surface area contributed by atoms with Crippen LogP contribution in [-0.4, -0.2) is 46.8 Å². The van der Waals surface area contributed by atoms with E-state index < -0.39 is 30.0 Å². The molecule has 0 saturated carbocycles. The predicted molar refractivity (Wildman–Crippen MR) is 115 cm³/mol. The van der Waals surface area contributed by atoms with Crippen molar-refractivity contribution in [2.24, 2.45) is 0 Å². The van der Waals surface area contributed by atoms with Crippen molar-refractivity contribution in [3.8, 4) is 0 Å². The van der Waals surface area contributed by atoms with Gasteiger partial charge in [0.15, 0.2) is 0 Å². The topological polar surface area (TPSA) is 79.2 Å². The zero-order chi connectivity index (χ0) is 21.5. The third-order valence-electron chi connectivity index (χ3n) is 5.84. The Bertz CT molecular complexity index is 863. The van der Waals surface area contributed by atoms with Gasteiger partial charge in [0.1, 0.15) is 23.9 Å². The van der Waals surface area contributed by atoms with Gasteiger partial charge in [-0.05, 0) is 62.1 Å². The molecule has 3 rings (SSSR count). The first kappa shape index (κ1) is 22.7. The molecule has 160 valence electrons. The maximum absolute atomic E-state index is 10.8. The van der Waals surface area contributed by atoms with Crippen molar-refractivity contribution in [3.05, 3.63) is 55.2 Å². The van der Waals surface area contributed by atoms with Crippen LogP contribution in [0.4, 0.5) is 0 Å². The van der Waals surface area contributed by atoms with Gasteiger partial charge in [0.25, 0.3) is 0 Å². The number of aliphatic hydroxyl groups excluding tert-OH is 3. The summed E-state index contributed by atoms with van der Waals surface area (Å²) in [5, 5.41) is 31.9. The minimum absolute atomic E-state index is 0.283. The van der Waals surface area contributed by atoms with Gasteiger partial charge in [-0.25, -0.2) is 0 Å². The number of aliphatic hydroxyl groups is 3. The molecule has 0 aliphatic carbocycles. The number of benzene rings is 1. The highest BCUT2D eigenvalue weighted by Crippen LogP contribution is 2.42. The quantitative estimate of drug-likeness (QED) is 0.663. The summed E-state index contributed by atoms with van der Waals surface area (Å²) in [6.45, 7) is 7.88. The molecule has 1 saturated heterocycles. The molecule has 7 heteroatoms. The number of rotatable bonds is 5. The molecule has 0 radical (unpaired) electrons. The average Bonchev–Trinajstić information content (AvgIpc) is 2.98. The Kier molecular flexibility index (Phi) is 6.75. The van der Waals surface area contributed by atoms with Crippen LogP contribution in [-0.2, 0) is 28.1 Å². The number of hydrogen-bond donors (Lipinski definition) is 3. The molecule has 1 aromatic carbocycles. The lowest BCUT2D eigenvalue weighted by atomic mass is 9.79. The van der Waals surface area contributed by atoms with Gasteiger partial charge in [0.2, 0.25) is 0 Å². The normalized spacial score (nSPS) is 30.0. The van der Waals surface area contributed by atoms with Crippen molar-refractivity contribution < 1.29 is 24.8 Å². The van der Waals surface area contributed by atoms with E-state index in [0.29, 0.717) is 17.0 Å². The lowest BCUT2D eigenvalue weighted by molar-refractivity contribution is -0.263. The summed E-state index contributed by atoms with van der Waals surface area (Å²) >= 11 is 8.33. The smallest absolute Gasteiger partial charge is 0.120 e. The monoisotopic (exact) mass is 440 g/mol. The summed E-state index contributed by atoms with van der Waals surface area (Å²) in [6.07, 6.45) is -3.76. The first-order valence-electron chi connectivity index (χ1n) is 9.67. The molecule has 1 fully saturated rings. The highest BCUT2D eigenvalue weighted by molar-refractivity contribution is 7.12. The van der Waals surface area contributed by atoms with Gasteiger partial charge in [-0.1, -0.05) is 17.7 Å². The van der Waals surface area contributed by atoms with Crippen LogP contribution in [0.15, 0.2) is 18.2 Å². The predicted octanol–water partition coefficient (Wildman–Crippen LogP) is 3.47. The van der Waals surface area contributed by atoms with Crippen LogP contribution in [0.1, 0.15) is 45.9 Å². The van der Waals surface area contributed by atoms with Gasteiger partial charge in [0.05, 0.1) is 12.7 Å². The van der Waals surface area contributed by atoms with Gasteiger partial charge in [-0.15, -0.1) is 11.3 Å². The molecule has 5 nitrogen and oxygen atoms in total. The average molecular weight is 441 g/mol. The van der Waals surface area contributed by atoms with E-state index in [2.05, 4.69) is 19.9 Å². The lowest BCUT2D eigenvalue weighted by Gasteiger charge is -2.47. The largest absolute Gasteiger partial charge is 0.388 e. The van der Waals surface area contributed by atoms with Crippen molar-refractivity contribution in [2.75, 3.05) is 7.11 Å². The first-order valence-corrected chi connectivity index (χ1v) is 10.9. The second-order valence-corrected chi connectivity index (χ2v) is 9.77. The number of aryl methyl sites for hydroxylation is 2. The molecule has 1 aliphatic heterocycles. The van der Waals surface area contributed by atoms with Crippen LogP contribution in [0.2, 0.25) is 5.02 Å². The fourth-order valence-corrected chi connectivity index (χ4v) is 5.32. The SMILES string of the molecule is COCc1cc(Cl)c(Cc2cc(C)c(C)s2)cc1[C@]1(C)O[C@H](C)[C@@H](O)[C@H](O)[C@H]1O. The van der Waals surface area contributed by atoms with Gasteiger partial charge in [-0.2, -0.15) is 0 Å². The zero-order valence-electron chi connectivity index (χ0n) is 17.4. The third-order valence-corrected chi connectivity index (χ3v) is 7.34. The van der Waals surface area contributed by atoms with E-state index >= 15 is 0 Å². The summed E-state index contributed by atoms with van der Waals surface area (Å²) in [6, 6.07) is 5.93. The fourth-order valence-electron chi connectivity index (χ4n) is 4.00. The Morgan fingerprint density at radius 3 is 2.41 bits per heavy atom. The number of thiophene rings is 1. The van der Waals surface area contributed by atoms with Gasteiger partial charge in [0, 0.05) is 28.3 Å². The van der Waals surface area contributed by atoms with Crippen LogP contribution in [0.25, 0.3) is 0 Å². The van der Waals surface area contributed by atoms with E-state index in [-0.39, 0.29) is 6.61 Å². The fraction of sp³-hybridized carbons (Fsp3) is 0.545. The van der Waals surface area contributed by atoms with Crippen LogP contribution in [0, 0.1) is 13.8 Å². The Balaban J connectivity index is 2.08. The molecule has 0 amide bonds. The van der Waals surface area contributed by atoms with Crippen LogP contribution in [0.3, 0.4) is 0 Å². The summed E-state index contributed by atoms with van der Waals surface area (Å²) in [4.78, 5) is 2.47. The molecular formula is C22H29ClO5S. The molecule has 2 heterocycles. The van der Waals surface area contributed by atoms with E-state index in [1.807, 2.05) is 12.1 Å². The molecule has 0 spiro atoms. The van der Waals surface area contributed by atoms with E-state index in [9.17, 15) is 15.3 Å². The van der Waals surface area contributed by atoms with Crippen LogP contribution in [0.5, 0.6) is 0 Å². The van der Waals surface area contributed by atoms with E-state index in [4.69, 9.17) is 21.1 Å². The molecule has 3 N–H and O–H groups in total. The molecule has 29 heavy (non-hydrogen) atoms. The van der Waals surface area contributed by atoms with Gasteiger partial charge < -0.3 is 24.8 Å². The highest BCUT2D eigenvalue weighted by Gasteiger charge is 2.51. The van der Waals surface area contributed by atoms with Crippen molar-refractivity contribution in [1.29, 1.82) is 0 Å². The zero-order valence-corrected chi connectivity index (χ0v) is 19.0. The molecule has 0 bridgehead atoms. The molecular weight excluding hydrogens is 412 g/mol. The summed E-state index contributed by atoms with van der Waals surface area (Å²) in [7, 11) is 1.59. The van der Waals surface area contributed by atoms with Crippen molar-refractivity contribution >= 4 is 22.9 Å². The summed E-state index contributed by atoms with van der Waals surface area (Å²) < 4.78 is 11.4. The van der Waals surface area contributed by atoms with Gasteiger partial charge >= 0.3 is 0 Å². The van der Waals surface area contributed by atoms with Crippen molar-refractivity contribution in [1.82, 2.24) is 0 Å². The summed E-state index contributed by atoms with van der Waals surface area (Å²) in [5.41, 5.74) is 2.42. The molecule has 5 atom stereocenters. The minimum atomic E-state index is -1.32. The van der Waals surface area contributed by atoms with Crippen molar-refractivity contribution in [2.45, 2.75) is 70.7 Å². The molecule has 1 aromatic heterocycles. The Morgan fingerprint density at radius 2 is 1.83 bits per heavy atom. The molecule has 0 unspecified atom stereocenters. The number of hydrogen-bond acceptors (Lipinski definition) is 6. The van der Waals surface area contributed by atoms with Crippen LogP contribution >= 0.6 is 22.9 Å². The van der Waals surface area contributed by atoms with Crippen molar-refractivity contribution in [3.63, 3.8) is 0 Å². The number of methoxy groups -OCH3 is 1. The maximum Gasteiger partial charge on any atom is 0.120 e. The van der Waals surface area contributed by atoms with E-state index in [1.165, 1.54) is 15.3 Å².